The van der Waals surface area contributed by atoms with Crippen LogP contribution >= 0.6 is 0 Å². The number of carbonyl (C=O) groups is 1. The van der Waals surface area contributed by atoms with Crippen molar-refractivity contribution in [3.05, 3.63) is 60.0 Å². The zero-order valence-electron chi connectivity index (χ0n) is 14.6. The molecule has 0 unspecified atom stereocenters. The molecule has 1 amide bonds. The Morgan fingerprint density at radius 1 is 1.08 bits per heavy atom. The first kappa shape index (κ1) is 17.0. The summed E-state index contributed by atoms with van der Waals surface area (Å²) in [5.41, 5.74) is 0.303. The van der Waals surface area contributed by atoms with Crippen LogP contribution in [0.1, 0.15) is 23.2 Å². The van der Waals surface area contributed by atoms with Gasteiger partial charge in [0.15, 0.2) is 0 Å². The number of piperidine rings is 1. The van der Waals surface area contributed by atoms with E-state index in [0.29, 0.717) is 25.3 Å². The Kier molecular flexibility index (Phi) is 4.59. The summed E-state index contributed by atoms with van der Waals surface area (Å²) in [6.07, 6.45) is 3.40. The summed E-state index contributed by atoms with van der Waals surface area (Å²) in [5, 5.41) is 0. The molecule has 1 aromatic carbocycles. The van der Waals surface area contributed by atoms with Gasteiger partial charge in [-0.25, -0.2) is 9.37 Å². The number of ether oxygens (including phenoxy) is 1. The molecule has 4 rings (SSSR count). The third-order valence-corrected chi connectivity index (χ3v) is 5.27. The van der Waals surface area contributed by atoms with E-state index in [0.717, 1.165) is 31.7 Å². The average molecular weight is 355 g/mol. The molecule has 0 radical (unpaired) electrons. The Bertz CT molecular complexity index is 758. The lowest BCUT2D eigenvalue weighted by Gasteiger charge is -2.47. The number of hydrogen-bond acceptors (Lipinski definition) is 4. The number of amides is 1. The van der Waals surface area contributed by atoms with E-state index in [9.17, 15) is 9.18 Å². The maximum absolute atomic E-state index is 13.1. The highest BCUT2D eigenvalue weighted by Gasteiger charge is 2.41. The van der Waals surface area contributed by atoms with Crippen molar-refractivity contribution in [1.29, 1.82) is 0 Å². The number of anilines is 1. The third kappa shape index (κ3) is 3.42. The van der Waals surface area contributed by atoms with Crippen molar-refractivity contribution in [3.63, 3.8) is 0 Å². The number of pyridine rings is 1. The van der Waals surface area contributed by atoms with Gasteiger partial charge in [-0.2, -0.15) is 0 Å². The third-order valence-electron chi connectivity index (χ3n) is 5.27. The molecular weight excluding hydrogens is 333 g/mol. The van der Waals surface area contributed by atoms with Crippen molar-refractivity contribution < 1.29 is 13.9 Å². The highest BCUT2D eigenvalue weighted by atomic mass is 19.1. The lowest BCUT2D eigenvalue weighted by Crippen LogP contribution is -2.57. The van der Waals surface area contributed by atoms with Gasteiger partial charge >= 0.3 is 0 Å². The predicted molar refractivity (Wildman–Crippen MR) is 96.7 cm³/mol. The zero-order valence-corrected chi connectivity index (χ0v) is 14.6. The van der Waals surface area contributed by atoms with Gasteiger partial charge < -0.3 is 14.5 Å². The Morgan fingerprint density at radius 2 is 1.85 bits per heavy atom. The molecule has 0 saturated carbocycles. The fourth-order valence-corrected chi connectivity index (χ4v) is 3.78. The number of rotatable bonds is 2. The van der Waals surface area contributed by atoms with Crippen LogP contribution in [0.15, 0.2) is 48.7 Å². The first-order chi connectivity index (χ1) is 12.7. The smallest absolute Gasteiger partial charge is 0.253 e. The maximum Gasteiger partial charge on any atom is 0.253 e. The lowest BCUT2D eigenvalue weighted by atomic mass is 9.89. The quantitative estimate of drug-likeness (QED) is 0.831. The van der Waals surface area contributed by atoms with Crippen LogP contribution in [0.2, 0.25) is 0 Å². The molecule has 26 heavy (non-hydrogen) atoms. The number of halogens is 1. The van der Waals surface area contributed by atoms with E-state index in [4.69, 9.17) is 4.74 Å². The normalized spacial score (nSPS) is 19.6. The molecular formula is C20H22FN3O2. The number of morpholine rings is 1. The molecule has 5 nitrogen and oxygen atoms in total. The minimum atomic E-state index is -0.329. The molecule has 0 N–H and O–H groups in total. The summed E-state index contributed by atoms with van der Waals surface area (Å²) in [5.74, 6) is 0.599. The van der Waals surface area contributed by atoms with Crippen molar-refractivity contribution in [1.82, 2.24) is 9.88 Å². The maximum atomic E-state index is 13.1. The van der Waals surface area contributed by atoms with E-state index in [1.165, 1.54) is 12.1 Å². The summed E-state index contributed by atoms with van der Waals surface area (Å²) in [6.45, 7) is 3.58. The van der Waals surface area contributed by atoms with Crippen LogP contribution in [0.25, 0.3) is 0 Å². The lowest BCUT2D eigenvalue weighted by molar-refractivity contribution is -0.0870. The largest absolute Gasteiger partial charge is 0.371 e. The summed E-state index contributed by atoms with van der Waals surface area (Å²) in [4.78, 5) is 21.2. The molecule has 2 saturated heterocycles. The van der Waals surface area contributed by atoms with E-state index in [1.54, 1.807) is 18.3 Å². The van der Waals surface area contributed by atoms with Crippen molar-refractivity contribution in [2.45, 2.75) is 18.4 Å². The van der Waals surface area contributed by atoms with Gasteiger partial charge in [0.2, 0.25) is 0 Å². The standard InChI is InChI=1S/C20H22FN3O2/c21-17-6-4-16(5-7-17)19(25)23-11-8-20(9-12-23)15-24(13-14-26-20)18-3-1-2-10-22-18/h1-7,10H,8-9,11-15H2. The summed E-state index contributed by atoms with van der Waals surface area (Å²) in [7, 11) is 0. The first-order valence-corrected chi connectivity index (χ1v) is 9.00. The number of benzene rings is 1. The van der Waals surface area contributed by atoms with Gasteiger partial charge in [-0.1, -0.05) is 6.07 Å². The molecule has 3 heterocycles. The van der Waals surface area contributed by atoms with Gasteiger partial charge in [-0.3, -0.25) is 4.79 Å². The Hall–Kier alpha value is -2.47. The molecule has 2 aliphatic rings. The van der Waals surface area contributed by atoms with Crippen LogP contribution in [0.4, 0.5) is 10.2 Å². The molecule has 0 atom stereocenters. The van der Waals surface area contributed by atoms with E-state index in [2.05, 4.69) is 9.88 Å². The van der Waals surface area contributed by atoms with Gasteiger partial charge in [-0.05, 0) is 49.2 Å². The summed E-state index contributed by atoms with van der Waals surface area (Å²) < 4.78 is 19.2. The van der Waals surface area contributed by atoms with Crippen molar-refractivity contribution in [2.75, 3.05) is 37.7 Å². The Balaban J connectivity index is 1.41. The Labute approximate surface area is 152 Å². The van der Waals surface area contributed by atoms with Gasteiger partial charge in [-0.15, -0.1) is 0 Å². The second kappa shape index (κ2) is 7.03. The Morgan fingerprint density at radius 3 is 2.54 bits per heavy atom. The van der Waals surface area contributed by atoms with Crippen LogP contribution in [-0.2, 0) is 4.74 Å². The minimum Gasteiger partial charge on any atom is -0.371 e. The molecule has 1 spiro atoms. The van der Waals surface area contributed by atoms with Crippen molar-refractivity contribution in [2.24, 2.45) is 0 Å². The van der Waals surface area contributed by atoms with Crippen LogP contribution in [0, 0.1) is 5.82 Å². The molecule has 2 aromatic rings. The molecule has 1 aromatic heterocycles. The van der Waals surface area contributed by atoms with E-state index >= 15 is 0 Å². The number of aromatic nitrogens is 1. The minimum absolute atomic E-state index is 0.0442. The highest BCUT2D eigenvalue weighted by Crippen LogP contribution is 2.32. The summed E-state index contributed by atoms with van der Waals surface area (Å²) >= 11 is 0. The number of nitrogens with zero attached hydrogens (tertiary/aromatic N) is 3. The topological polar surface area (TPSA) is 45.7 Å². The fraction of sp³-hybridized carbons (Fsp3) is 0.400. The zero-order chi connectivity index (χ0) is 18.0. The second-order valence-electron chi connectivity index (χ2n) is 6.94. The number of carbonyl (C=O) groups excluding carboxylic acids is 1. The van der Waals surface area contributed by atoms with Crippen LogP contribution < -0.4 is 4.90 Å². The van der Waals surface area contributed by atoms with Crippen LogP contribution in [-0.4, -0.2) is 54.2 Å². The summed E-state index contributed by atoms with van der Waals surface area (Å²) in [6, 6.07) is 11.7. The fourth-order valence-electron chi connectivity index (χ4n) is 3.78. The monoisotopic (exact) mass is 355 g/mol. The predicted octanol–water partition coefficient (Wildman–Crippen LogP) is 2.73. The van der Waals surface area contributed by atoms with Gasteiger partial charge in [0.25, 0.3) is 5.91 Å². The molecule has 0 aliphatic carbocycles. The number of hydrogen-bond donors (Lipinski definition) is 0. The molecule has 0 bridgehead atoms. The molecule has 2 aliphatic heterocycles. The van der Waals surface area contributed by atoms with Crippen molar-refractivity contribution >= 4 is 11.7 Å². The SMILES string of the molecule is O=C(c1ccc(F)cc1)N1CCC2(CC1)CN(c1ccccn1)CCO2. The second-order valence-corrected chi connectivity index (χ2v) is 6.94. The van der Waals surface area contributed by atoms with Gasteiger partial charge in [0, 0.05) is 37.9 Å². The van der Waals surface area contributed by atoms with Crippen LogP contribution in [0.3, 0.4) is 0 Å². The van der Waals surface area contributed by atoms with E-state index < -0.39 is 0 Å². The average Bonchev–Trinajstić information content (AvgIpc) is 2.69. The van der Waals surface area contributed by atoms with Gasteiger partial charge in [0.05, 0.1) is 12.2 Å². The van der Waals surface area contributed by atoms with E-state index in [-0.39, 0.29) is 17.3 Å². The van der Waals surface area contributed by atoms with Gasteiger partial charge in [0.1, 0.15) is 11.6 Å². The van der Waals surface area contributed by atoms with Crippen molar-refractivity contribution in [3.8, 4) is 0 Å². The van der Waals surface area contributed by atoms with E-state index in [1.807, 2.05) is 23.1 Å². The van der Waals surface area contributed by atoms with Crippen LogP contribution in [0.5, 0.6) is 0 Å². The molecule has 136 valence electrons. The first-order valence-electron chi connectivity index (χ1n) is 9.00. The molecule has 2 fully saturated rings. The highest BCUT2D eigenvalue weighted by molar-refractivity contribution is 5.94. The number of likely N-dealkylation sites (tertiary alicyclic amines) is 1. The molecule has 6 heteroatoms.